The molecule has 0 aliphatic carbocycles. The van der Waals surface area contributed by atoms with Crippen LogP contribution in [0.3, 0.4) is 0 Å². The molecule has 2 fully saturated rings. The summed E-state index contributed by atoms with van der Waals surface area (Å²) in [6.07, 6.45) is 0.264. The number of methoxy groups -OCH3 is 2. The lowest BCUT2D eigenvalue weighted by atomic mass is 9.79. The number of amides is 3. The topological polar surface area (TPSA) is 231 Å². The highest BCUT2D eigenvalue weighted by atomic mass is 31.2. The van der Waals surface area contributed by atoms with Crippen molar-refractivity contribution < 1.29 is 75.7 Å². The molecule has 10 atom stereocenters. The van der Waals surface area contributed by atoms with Crippen LogP contribution < -0.4 is 25.4 Å². The van der Waals surface area contributed by atoms with Crippen molar-refractivity contribution in [2.75, 3.05) is 60.3 Å². The monoisotopic (exact) mass is 1190 g/mol. The van der Waals surface area contributed by atoms with E-state index in [1.54, 1.807) is 14.2 Å². The van der Waals surface area contributed by atoms with Crippen LogP contribution in [0.5, 0.6) is 11.5 Å². The van der Waals surface area contributed by atoms with Gasteiger partial charge in [-0.25, -0.2) is 16.0 Å². The molecular weight excluding hydrogens is 1100 g/mol. The lowest BCUT2D eigenvalue weighted by molar-refractivity contribution is -0.277. The van der Waals surface area contributed by atoms with E-state index in [0.717, 1.165) is 55.2 Å². The summed E-state index contributed by atoms with van der Waals surface area (Å²) in [7, 11) is 8.59. The summed E-state index contributed by atoms with van der Waals surface area (Å²) in [5, 5.41) is 8.48. The van der Waals surface area contributed by atoms with E-state index in [2.05, 4.69) is 65.3 Å². The summed E-state index contributed by atoms with van der Waals surface area (Å²) in [4.78, 5) is 64.5. The van der Waals surface area contributed by atoms with Gasteiger partial charge in [0.2, 0.25) is 12.5 Å². The number of nitrogens with one attached hydrogen (secondary N) is 3. The molecule has 5 rings (SSSR count). The van der Waals surface area contributed by atoms with Gasteiger partial charge in [0.25, 0.3) is 8.53 Å². The number of esters is 3. The van der Waals surface area contributed by atoms with Crippen LogP contribution in [-0.4, -0.2) is 164 Å². The van der Waals surface area contributed by atoms with Crippen LogP contribution in [0.2, 0.25) is 0 Å². The molecule has 2 aliphatic rings. The van der Waals surface area contributed by atoms with Crippen LogP contribution in [0.4, 0.5) is 4.79 Å². The molecule has 2 aliphatic heterocycles. The maximum Gasteiger partial charge on any atom is 0.314 e. The summed E-state index contributed by atoms with van der Waals surface area (Å²) in [5.74, 6) is -1.30. The molecule has 2 heterocycles. The molecule has 2 saturated heterocycles. The summed E-state index contributed by atoms with van der Waals surface area (Å²) in [6, 6.07) is 23.9. The summed E-state index contributed by atoms with van der Waals surface area (Å²) >= 11 is 0. The minimum atomic E-state index is -1.66. The fourth-order valence-electron chi connectivity index (χ4n) is 10.5. The lowest BCUT2D eigenvalue weighted by Gasteiger charge is -2.44. The minimum Gasteiger partial charge on any atom is -0.497 e. The molecule has 3 aromatic carbocycles. The highest BCUT2D eigenvalue weighted by Crippen LogP contribution is 2.51. The number of hydrogen-bond acceptors (Lipinski definition) is 17. The number of ether oxygens (including phenoxy) is 9. The Bertz CT molecular complexity index is 2470. The van der Waals surface area contributed by atoms with Gasteiger partial charge >= 0.3 is 23.9 Å². The van der Waals surface area contributed by atoms with Gasteiger partial charge in [-0.2, -0.15) is 0 Å². The molecular formula is C61H87BN5O16P. The number of unbranched alkanes of at least 4 members (excludes halogenated alkanes) is 5. The van der Waals surface area contributed by atoms with Crippen molar-refractivity contribution in [2.24, 2.45) is 5.92 Å². The summed E-state index contributed by atoms with van der Waals surface area (Å²) in [6.45, 7) is 21.9. The Morgan fingerprint density at radius 2 is 1.23 bits per heavy atom. The molecule has 3 aromatic rings. The van der Waals surface area contributed by atoms with Crippen LogP contribution in [0, 0.1) is 12.5 Å². The first-order chi connectivity index (χ1) is 40.3. The van der Waals surface area contributed by atoms with Crippen molar-refractivity contribution in [3.05, 3.63) is 107 Å². The average Bonchev–Trinajstić information content (AvgIpc) is 3.60. The molecule has 84 heavy (non-hydrogen) atoms. The first kappa shape index (κ1) is 68.9. The van der Waals surface area contributed by atoms with Crippen molar-refractivity contribution in [2.45, 2.75) is 173 Å². The Morgan fingerprint density at radius 1 is 0.679 bits per heavy atom. The highest BCUT2D eigenvalue weighted by Gasteiger charge is 2.52. The second-order valence-electron chi connectivity index (χ2n) is 21.2. The van der Waals surface area contributed by atoms with E-state index in [9.17, 15) is 24.0 Å². The molecule has 0 aromatic heterocycles. The van der Waals surface area contributed by atoms with Crippen molar-refractivity contribution >= 4 is 46.2 Å². The molecule has 2 unspecified atom stereocenters. The second kappa shape index (κ2) is 35.5. The Balaban J connectivity index is 1.17. The van der Waals surface area contributed by atoms with Crippen molar-refractivity contribution in [1.29, 1.82) is 0 Å². The fraction of sp³-hybridized carbons (Fsp3) is 0.607. The molecule has 2 radical (unpaired) electrons. The summed E-state index contributed by atoms with van der Waals surface area (Å²) < 4.78 is 69.3. The molecule has 3 amide bonds. The maximum atomic E-state index is 12.7. The average molecular weight is 1190 g/mol. The summed E-state index contributed by atoms with van der Waals surface area (Å²) in [5.41, 5.74) is 1.54. The van der Waals surface area contributed by atoms with E-state index >= 15 is 0 Å². The number of hydrogen-bond donors (Lipinski definition) is 3. The predicted molar refractivity (Wildman–Crippen MR) is 316 cm³/mol. The van der Waals surface area contributed by atoms with Crippen molar-refractivity contribution in [3.63, 3.8) is 0 Å². The number of urea groups is 1. The molecule has 3 N–H and O–H groups in total. The van der Waals surface area contributed by atoms with Gasteiger partial charge in [-0.05, 0) is 94.3 Å². The van der Waals surface area contributed by atoms with Crippen LogP contribution in [-0.2, 0) is 67.0 Å². The van der Waals surface area contributed by atoms with E-state index in [4.69, 9.17) is 66.1 Å². The smallest absolute Gasteiger partial charge is 0.314 e. The Kier molecular flexibility index (Phi) is 29.2. The SMILES string of the molecule is [B][C@@H]1O[C@H](COC(c2ccccc2)(c2ccc(OC)cc2)c2ccc(OC)cc2)C(OP(OCC[N+]#[C-])N(C(C)C)C(C)C)[C@@H]1CCCCCCCNC(=O)NCCCCO[C@@H]1O[C@H](COC(C)=O)[C@H](OC(C)=O)[C@H](OC(C)=O)[C@H]1NC(C)=O. The van der Waals surface area contributed by atoms with Crippen LogP contribution >= 0.6 is 8.53 Å². The van der Waals surface area contributed by atoms with E-state index in [0.29, 0.717) is 37.4 Å². The second-order valence-corrected chi connectivity index (χ2v) is 22.7. The largest absolute Gasteiger partial charge is 0.497 e. The van der Waals surface area contributed by atoms with Gasteiger partial charge in [0, 0.05) is 71.4 Å². The number of benzene rings is 3. The quantitative estimate of drug-likeness (QED) is 0.00957. The van der Waals surface area contributed by atoms with Crippen LogP contribution in [0.15, 0.2) is 78.9 Å². The predicted octanol–water partition coefficient (Wildman–Crippen LogP) is 8.28. The highest BCUT2D eigenvalue weighted by molar-refractivity contribution is 7.44. The molecule has 21 nitrogen and oxygen atoms in total. The first-order valence-corrected chi connectivity index (χ1v) is 30.1. The van der Waals surface area contributed by atoms with Gasteiger partial charge in [-0.1, -0.05) is 80.3 Å². The lowest BCUT2D eigenvalue weighted by Crippen LogP contribution is -2.66. The van der Waals surface area contributed by atoms with Gasteiger partial charge in [-0.15, -0.1) is 0 Å². The third-order valence-corrected chi connectivity index (χ3v) is 16.4. The zero-order valence-electron chi connectivity index (χ0n) is 50.4. The molecule has 0 bridgehead atoms. The van der Waals surface area contributed by atoms with E-state index in [1.165, 1.54) is 27.7 Å². The third-order valence-electron chi connectivity index (χ3n) is 14.3. The normalized spacial score (nSPS) is 21.7. The number of rotatable bonds is 35. The van der Waals surface area contributed by atoms with Gasteiger partial charge in [0.1, 0.15) is 56.4 Å². The number of carbonyl (C=O) groups is 5. The minimum absolute atomic E-state index is 0.0698. The molecule has 460 valence electrons. The van der Waals surface area contributed by atoms with Crippen LogP contribution in [0.1, 0.15) is 123 Å². The molecule has 0 saturated carbocycles. The molecule has 0 spiro atoms. The Hall–Kier alpha value is -5.89. The van der Waals surface area contributed by atoms with Gasteiger partial charge < -0.3 is 72.5 Å². The zero-order valence-corrected chi connectivity index (χ0v) is 51.3. The molecule has 23 heteroatoms. The fourth-order valence-corrected chi connectivity index (χ4v) is 12.3. The van der Waals surface area contributed by atoms with E-state index < -0.39 is 86.8 Å². The van der Waals surface area contributed by atoms with Gasteiger partial charge in [0.15, 0.2) is 18.5 Å². The number of nitrogens with zero attached hydrogens (tertiary/aromatic N) is 2. The van der Waals surface area contributed by atoms with Crippen molar-refractivity contribution in [1.82, 2.24) is 20.6 Å². The van der Waals surface area contributed by atoms with Gasteiger partial charge in [0.05, 0.1) is 26.9 Å². The van der Waals surface area contributed by atoms with E-state index in [1.807, 2.05) is 66.7 Å². The van der Waals surface area contributed by atoms with E-state index in [-0.39, 0.29) is 57.0 Å². The standard InChI is InChI=1S/C61H87BN5O16P/c1-40(2)67(41(3)4)84(78-37-35-63-9)83-55-51(58(62)81-53(55)39-77-61(46-22-16-15-17-23-46,47-25-29-49(73-10)30-26-47)48-27-31-50(74-11)32-28-48)24-18-13-12-14-19-33-64-60(72)65-34-20-21-36-75-59-54(66-42(5)68)57(80-45(8)71)56(79-44(7)70)52(82-59)38-76-43(6)69/h15-17,22-23,25-32,40-41,51-59H,12-14,18-21,24,33-39H2,1-8,10-11H3,(H,66,68)(H2,64,65,72)/t51-,52+,53+,54+,55?,56-,57+,58+,59+,84?/m0/s1. The van der Waals surface area contributed by atoms with Gasteiger partial charge in [-0.3, -0.25) is 19.2 Å². The third kappa shape index (κ3) is 20.7. The maximum absolute atomic E-state index is 12.7. The first-order valence-electron chi connectivity index (χ1n) is 29.0. The number of carbonyl (C=O) groups excluding carboxylic acids is 5. The van der Waals surface area contributed by atoms with Crippen LogP contribution in [0.25, 0.3) is 4.85 Å². The Morgan fingerprint density at radius 3 is 1.77 bits per heavy atom. The van der Waals surface area contributed by atoms with Crippen molar-refractivity contribution in [3.8, 4) is 11.5 Å². The zero-order chi connectivity index (χ0) is 61.2. The Labute approximate surface area is 498 Å².